The number of anilines is 1. The van der Waals surface area contributed by atoms with Crippen LogP contribution in [0, 0.1) is 5.41 Å². The Balaban J connectivity index is 1.59. The summed E-state index contributed by atoms with van der Waals surface area (Å²) >= 11 is 0. The smallest absolute Gasteiger partial charge is 0.223 e. The Bertz CT molecular complexity index is 758. The monoisotopic (exact) mass is 368 g/mol. The van der Waals surface area contributed by atoms with Crippen LogP contribution in [0.25, 0.3) is 11.3 Å². The molecule has 0 bridgehead atoms. The second kappa shape index (κ2) is 7.94. The summed E-state index contributed by atoms with van der Waals surface area (Å²) in [6.45, 7) is 9.33. The molecule has 1 aromatic carbocycles. The van der Waals surface area contributed by atoms with Crippen LogP contribution in [0.3, 0.4) is 0 Å². The van der Waals surface area contributed by atoms with E-state index < -0.39 is 0 Å². The van der Waals surface area contributed by atoms with Crippen LogP contribution in [-0.2, 0) is 4.79 Å². The average Bonchev–Trinajstić information content (AvgIpc) is 2.67. The third-order valence-corrected chi connectivity index (χ3v) is 4.67. The first kappa shape index (κ1) is 19.1. The normalized spacial score (nSPS) is 15.0. The van der Waals surface area contributed by atoms with Gasteiger partial charge in [-0.25, -0.2) is 0 Å². The second-order valence-electron chi connectivity index (χ2n) is 8.11. The van der Waals surface area contributed by atoms with E-state index in [1.165, 1.54) is 0 Å². The molecule has 0 aliphatic carbocycles. The summed E-state index contributed by atoms with van der Waals surface area (Å²) in [4.78, 5) is 16.5. The van der Waals surface area contributed by atoms with Crippen molar-refractivity contribution in [2.45, 2.75) is 27.2 Å². The van der Waals surface area contributed by atoms with Gasteiger partial charge < -0.3 is 14.5 Å². The molecule has 2 heterocycles. The Morgan fingerprint density at radius 1 is 1.00 bits per heavy atom. The molecule has 6 nitrogen and oxygen atoms in total. The molecule has 6 heteroatoms. The van der Waals surface area contributed by atoms with Gasteiger partial charge in [0.25, 0.3) is 0 Å². The third-order valence-electron chi connectivity index (χ3n) is 4.67. The van der Waals surface area contributed by atoms with Gasteiger partial charge in [-0.15, -0.1) is 10.2 Å². The number of piperazine rings is 1. The standard InChI is InChI=1S/C21H28N4O2/c1-21(2,3)15-20(26)25-13-11-24(12-14-25)19-10-9-18(22-23-19)16-5-7-17(27-4)8-6-16/h5-10H,11-15H2,1-4H3. The highest BCUT2D eigenvalue weighted by atomic mass is 16.5. The van der Waals surface area contributed by atoms with Crippen molar-refractivity contribution >= 4 is 11.7 Å². The number of nitrogens with zero attached hydrogens (tertiary/aromatic N) is 4. The van der Waals surface area contributed by atoms with Crippen molar-refractivity contribution in [3.63, 3.8) is 0 Å². The molecule has 1 amide bonds. The lowest BCUT2D eigenvalue weighted by molar-refractivity contribution is -0.133. The quantitative estimate of drug-likeness (QED) is 0.829. The van der Waals surface area contributed by atoms with Crippen LogP contribution in [0.1, 0.15) is 27.2 Å². The van der Waals surface area contributed by atoms with Gasteiger partial charge in [-0.05, 0) is 41.8 Å². The van der Waals surface area contributed by atoms with Crippen molar-refractivity contribution in [1.29, 1.82) is 0 Å². The molecule has 27 heavy (non-hydrogen) atoms. The zero-order valence-electron chi connectivity index (χ0n) is 16.6. The maximum Gasteiger partial charge on any atom is 0.223 e. The fraction of sp³-hybridized carbons (Fsp3) is 0.476. The van der Waals surface area contributed by atoms with Crippen molar-refractivity contribution in [2.75, 3.05) is 38.2 Å². The van der Waals surface area contributed by atoms with Gasteiger partial charge in [0.15, 0.2) is 5.82 Å². The van der Waals surface area contributed by atoms with Crippen molar-refractivity contribution in [1.82, 2.24) is 15.1 Å². The molecule has 1 aromatic heterocycles. The van der Waals surface area contributed by atoms with Gasteiger partial charge in [0, 0.05) is 38.2 Å². The minimum absolute atomic E-state index is 0.0248. The van der Waals surface area contributed by atoms with Crippen LogP contribution < -0.4 is 9.64 Å². The molecule has 3 rings (SSSR count). The first-order valence-electron chi connectivity index (χ1n) is 9.36. The number of aromatic nitrogens is 2. The SMILES string of the molecule is COc1ccc(-c2ccc(N3CCN(C(=O)CC(C)(C)C)CC3)nn2)cc1. The van der Waals surface area contributed by atoms with Gasteiger partial charge >= 0.3 is 0 Å². The van der Waals surface area contributed by atoms with E-state index in [4.69, 9.17) is 4.74 Å². The molecule has 0 unspecified atom stereocenters. The summed E-state index contributed by atoms with van der Waals surface area (Å²) in [5.41, 5.74) is 1.87. The first-order chi connectivity index (χ1) is 12.9. The molecular formula is C21H28N4O2. The summed E-state index contributed by atoms with van der Waals surface area (Å²) in [5.74, 6) is 1.92. The number of carbonyl (C=O) groups excluding carboxylic acids is 1. The molecule has 144 valence electrons. The van der Waals surface area contributed by atoms with E-state index in [9.17, 15) is 4.79 Å². The van der Waals surface area contributed by atoms with Crippen LogP contribution in [-0.4, -0.2) is 54.3 Å². The number of hydrogen-bond acceptors (Lipinski definition) is 5. The van der Waals surface area contributed by atoms with Crippen LogP contribution >= 0.6 is 0 Å². The highest BCUT2D eigenvalue weighted by molar-refractivity contribution is 5.77. The Hall–Kier alpha value is -2.63. The van der Waals surface area contributed by atoms with Crippen LogP contribution in [0.2, 0.25) is 0 Å². The van der Waals surface area contributed by atoms with Crippen LogP contribution in [0.15, 0.2) is 36.4 Å². The number of amides is 1. The van der Waals surface area contributed by atoms with E-state index in [2.05, 4.69) is 35.9 Å². The average molecular weight is 368 g/mol. The Morgan fingerprint density at radius 2 is 1.67 bits per heavy atom. The fourth-order valence-corrected chi connectivity index (χ4v) is 3.16. The zero-order chi connectivity index (χ0) is 19.4. The number of carbonyl (C=O) groups is 1. The van der Waals surface area contributed by atoms with Crippen molar-refractivity contribution < 1.29 is 9.53 Å². The molecule has 1 fully saturated rings. The lowest BCUT2D eigenvalue weighted by Crippen LogP contribution is -2.49. The van der Waals surface area contributed by atoms with Crippen LogP contribution in [0.5, 0.6) is 5.75 Å². The van der Waals surface area contributed by atoms with Crippen LogP contribution in [0.4, 0.5) is 5.82 Å². The van der Waals surface area contributed by atoms with Crippen molar-refractivity contribution in [3.05, 3.63) is 36.4 Å². The highest BCUT2D eigenvalue weighted by Crippen LogP contribution is 2.23. The van der Waals surface area contributed by atoms with E-state index in [1.807, 2.05) is 41.3 Å². The maximum absolute atomic E-state index is 12.4. The van der Waals surface area contributed by atoms with E-state index in [0.29, 0.717) is 6.42 Å². The Kier molecular flexibility index (Phi) is 5.63. The summed E-state index contributed by atoms with van der Waals surface area (Å²) in [7, 11) is 1.65. The summed E-state index contributed by atoms with van der Waals surface area (Å²) in [6.07, 6.45) is 0.587. The lowest BCUT2D eigenvalue weighted by atomic mass is 9.91. The van der Waals surface area contributed by atoms with Gasteiger partial charge in [-0.2, -0.15) is 0 Å². The predicted octanol–water partition coefficient (Wildman–Crippen LogP) is 3.24. The van der Waals surface area contributed by atoms with Gasteiger partial charge in [0.2, 0.25) is 5.91 Å². The number of rotatable bonds is 4. The zero-order valence-corrected chi connectivity index (χ0v) is 16.6. The Morgan fingerprint density at radius 3 is 2.19 bits per heavy atom. The third kappa shape index (κ3) is 4.96. The number of methoxy groups -OCH3 is 1. The fourth-order valence-electron chi connectivity index (χ4n) is 3.16. The molecule has 0 atom stereocenters. The first-order valence-corrected chi connectivity index (χ1v) is 9.36. The molecule has 1 saturated heterocycles. The van der Waals surface area contributed by atoms with E-state index in [0.717, 1.165) is 49.0 Å². The molecular weight excluding hydrogens is 340 g/mol. The molecule has 2 aromatic rings. The van der Waals surface area contributed by atoms with Gasteiger partial charge in [0.1, 0.15) is 5.75 Å². The van der Waals surface area contributed by atoms with Crippen molar-refractivity contribution in [2.24, 2.45) is 5.41 Å². The molecule has 0 N–H and O–H groups in total. The van der Waals surface area contributed by atoms with Gasteiger partial charge in [-0.3, -0.25) is 4.79 Å². The largest absolute Gasteiger partial charge is 0.497 e. The lowest BCUT2D eigenvalue weighted by Gasteiger charge is -2.36. The minimum atomic E-state index is 0.0248. The highest BCUT2D eigenvalue weighted by Gasteiger charge is 2.25. The van der Waals surface area contributed by atoms with E-state index >= 15 is 0 Å². The molecule has 0 radical (unpaired) electrons. The summed E-state index contributed by atoms with van der Waals surface area (Å²) in [5, 5.41) is 8.76. The van der Waals surface area contributed by atoms with Crippen molar-refractivity contribution in [3.8, 4) is 17.0 Å². The van der Waals surface area contributed by atoms with E-state index in [1.54, 1.807) is 7.11 Å². The molecule has 0 spiro atoms. The maximum atomic E-state index is 12.4. The minimum Gasteiger partial charge on any atom is -0.497 e. The predicted molar refractivity (Wildman–Crippen MR) is 107 cm³/mol. The topological polar surface area (TPSA) is 58.6 Å². The van der Waals surface area contributed by atoms with Gasteiger partial charge in [0.05, 0.1) is 12.8 Å². The number of ether oxygens (including phenoxy) is 1. The number of benzene rings is 1. The van der Waals surface area contributed by atoms with Gasteiger partial charge in [-0.1, -0.05) is 20.8 Å². The molecule has 0 saturated carbocycles. The summed E-state index contributed by atoms with van der Waals surface area (Å²) < 4.78 is 5.18. The Labute approximate surface area is 161 Å². The molecule has 1 aliphatic heterocycles. The van der Waals surface area contributed by atoms with E-state index in [-0.39, 0.29) is 11.3 Å². The number of hydrogen-bond donors (Lipinski definition) is 0. The second-order valence-corrected chi connectivity index (χ2v) is 8.11. The molecule has 1 aliphatic rings. The summed E-state index contributed by atoms with van der Waals surface area (Å²) in [6, 6.07) is 11.8.